The standard InChI is InChI=1S/C33H26N2/c1-23-10-2-4-12-26(23)25-19-21-35-32(22-25)27-13-5-3-11-24(27)17-18-30-28-14-6-7-15-29(28)31-16-8-9-20-34(31)33(30)35/h2-22,30,33H,1H3/q+2/b18-17+/t30?,33-/m1/s1. The molecule has 5 aromatic rings. The van der Waals surface area contributed by atoms with Crippen LogP contribution in [0.3, 0.4) is 0 Å². The Labute approximate surface area is 206 Å². The Morgan fingerprint density at radius 2 is 1.31 bits per heavy atom. The van der Waals surface area contributed by atoms with E-state index < -0.39 is 0 Å². The topological polar surface area (TPSA) is 7.76 Å². The smallest absolute Gasteiger partial charge is 0.136 e. The molecule has 1 unspecified atom stereocenters. The number of hydrogen-bond donors (Lipinski definition) is 0. The predicted octanol–water partition coefficient (Wildman–Crippen LogP) is 6.74. The number of pyridine rings is 2. The summed E-state index contributed by atoms with van der Waals surface area (Å²) in [6, 6.07) is 37.5. The van der Waals surface area contributed by atoms with Gasteiger partial charge in [0.2, 0.25) is 11.4 Å². The highest BCUT2D eigenvalue weighted by atomic mass is 15.2. The monoisotopic (exact) mass is 450 g/mol. The Hall–Kier alpha value is -4.30. The van der Waals surface area contributed by atoms with Crippen molar-refractivity contribution >= 4 is 6.08 Å². The lowest BCUT2D eigenvalue weighted by molar-refractivity contribution is -0.938. The summed E-state index contributed by atoms with van der Waals surface area (Å²) in [5.74, 6) is 0.215. The molecule has 35 heavy (non-hydrogen) atoms. The van der Waals surface area contributed by atoms with Gasteiger partial charge >= 0.3 is 6.17 Å². The number of fused-ring (bicyclic) bond motifs is 10. The van der Waals surface area contributed by atoms with Crippen molar-refractivity contribution in [2.75, 3.05) is 0 Å². The average Bonchev–Trinajstić information content (AvgIpc) is 2.91. The highest BCUT2D eigenvalue weighted by molar-refractivity contribution is 5.77. The summed E-state index contributed by atoms with van der Waals surface area (Å²) >= 11 is 0. The van der Waals surface area contributed by atoms with E-state index in [4.69, 9.17) is 0 Å². The lowest BCUT2D eigenvalue weighted by Gasteiger charge is -2.27. The quantitative estimate of drug-likeness (QED) is 0.250. The Kier molecular flexibility index (Phi) is 4.53. The number of hydrogen-bond acceptors (Lipinski definition) is 0. The van der Waals surface area contributed by atoms with E-state index in [2.05, 4.69) is 144 Å². The molecular formula is C33H26N2+2. The molecule has 7 rings (SSSR count). The van der Waals surface area contributed by atoms with E-state index in [0.29, 0.717) is 0 Å². The first kappa shape index (κ1) is 20.1. The molecule has 0 bridgehead atoms. The molecule has 0 aliphatic carbocycles. The lowest BCUT2D eigenvalue weighted by Crippen LogP contribution is -2.62. The van der Waals surface area contributed by atoms with Crippen molar-refractivity contribution in [1.29, 1.82) is 0 Å². The van der Waals surface area contributed by atoms with Gasteiger partial charge in [-0.25, -0.2) is 0 Å². The average molecular weight is 451 g/mol. The molecule has 3 aromatic carbocycles. The molecule has 4 heterocycles. The van der Waals surface area contributed by atoms with Crippen LogP contribution in [0.2, 0.25) is 0 Å². The maximum Gasteiger partial charge on any atom is 0.363 e. The van der Waals surface area contributed by atoms with E-state index >= 15 is 0 Å². The first-order valence-electron chi connectivity index (χ1n) is 12.3. The maximum atomic E-state index is 2.48. The number of allylic oxidation sites excluding steroid dienone is 1. The highest BCUT2D eigenvalue weighted by Gasteiger charge is 2.46. The minimum Gasteiger partial charge on any atom is -0.136 e. The minimum absolute atomic E-state index is 0.103. The molecule has 2 aromatic heterocycles. The van der Waals surface area contributed by atoms with Crippen LogP contribution < -0.4 is 9.13 Å². The summed E-state index contributed by atoms with van der Waals surface area (Å²) in [6.45, 7) is 2.19. The number of aromatic nitrogens is 2. The zero-order valence-corrected chi connectivity index (χ0v) is 19.7. The molecule has 0 saturated carbocycles. The van der Waals surface area contributed by atoms with Crippen LogP contribution in [0.4, 0.5) is 0 Å². The first-order valence-corrected chi connectivity index (χ1v) is 12.3. The van der Waals surface area contributed by atoms with Crippen molar-refractivity contribution in [3.63, 3.8) is 0 Å². The van der Waals surface area contributed by atoms with Crippen LogP contribution in [0, 0.1) is 6.92 Å². The summed E-state index contributed by atoms with van der Waals surface area (Å²) in [5.41, 5.74) is 11.5. The maximum absolute atomic E-state index is 2.48. The van der Waals surface area contributed by atoms with Crippen molar-refractivity contribution in [3.8, 4) is 33.6 Å². The van der Waals surface area contributed by atoms with Gasteiger partial charge in [0.1, 0.15) is 5.92 Å². The number of rotatable bonds is 1. The molecule has 2 aliphatic heterocycles. The fourth-order valence-electron chi connectivity index (χ4n) is 5.89. The fraction of sp³-hybridized carbons (Fsp3) is 0.0909. The molecule has 0 spiro atoms. The third-order valence-corrected chi connectivity index (χ3v) is 7.54. The van der Waals surface area contributed by atoms with Crippen molar-refractivity contribution in [1.82, 2.24) is 0 Å². The zero-order chi connectivity index (χ0) is 23.4. The first-order chi connectivity index (χ1) is 17.3. The summed E-state index contributed by atoms with van der Waals surface area (Å²) in [4.78, 5) is 0. The van der Waals surface area contributed by atoms with Gasteiger partial charge in [-0.2, -0.15) is 0 Å². The predicted molar refractivity (Wildman–Crippen MR) is 141 cm³/mol. The molecule has 0 saturated heterocycles. The third-order valence-electron chi connectivity index (χ3n) is 7.54. The van der Waals surface area contributed by atoms with Crippen LogP contribution in [0.25, 0.3) is 39.7 Å². The Morgan fingerprint density at radius 1 is 0.600 bits per heavy atom. The molecular weight excluding hydrogens is 424 g/mol. The molecule has 0 fully saturated rings. The number of nitrogens with zero attached hydrogens (tertiary/aromatic N) is 2. The second kappa shape index (κ2) is 7.89. The van der Waals surface area contributed by atoms with Gasteiger partial charge in [-0.05, 0) is 52.9 Å². The zero-order valence-electron chi connectivity index (χ0n) is 19.7. The Balaban J connectivity index is 1.55. The van der Waals surface area contributed by atoms with Crippen molar-refractivity contribution in [3.05, 3.63) is 138 Å². The Bertz CT molecular complexity index is 1630. The molecule has 2 atom stereocenters. The minimum atomic E-state index is 0.103. The van der Waals surface area contributed by atoms with Gasteiger partial charge in [0.15, 0.2) is 12.4 Å². The highest BCUT2D eigenvalue weighted by Crippen LogP contribution is 2.40. The summed E-state index contributed by atoms with van der Waals surface area (Å²) in [5, 5.41) is 0. The molecule has 0 radical (unpaired) electrons. The summed E-state index contributed by atoms with van der Waals surface area (Å²) in [7, 11) is 0. The molecule has 0 N–H and O–H groups in total. The van der Waals surface area contributed by atoms with Gasteiger partial charge in [-0.15, -0.1) is 9.13 Å². The van der Waals surface area contributed by atoms with Crippen molar-refractivity contribution < 1.29 is 9.13 Å². The largest absolute Gasteiger partial charge is 0.363 e. The van der Waals surface area contributed by atoms with Crippen LogP contribution in [-0.4, -0.2) is 0 Å². The van der Waals surface area contributed by atoms with Crippen LogP contribution >= 0.6 is 0 Å². The Morgan fingerprint density at radius 3 is 2.20 bits per heavy atom. The summed E-state index contributed by atoms with van der Waals surface area (Å²) in [6.07, 6.45) is 9.35. The fourth-order valence-corrected chi connectivity index (χ4v) is 5.89. The normalized spacial score (nSPS) is 18.1. The second-order valence-electron chi connectivity index (χ2n) is 9.49. The number of aryl methyl sites for hydroxylation is 1. The van der Waals surface area contributed by atoms with Gasteiger partial charge in [-0.3, -0.25) is 0 Å². The second-order valence-corrected chi connectivity index (χ2v) is 9.49. The third kappa shape index (κ3) is 3.10. The lowest BCUT2D eigenvalue weighted by atomic mass is 9.83. The van der Waals surface area contributed by atoms with Crippen molar-refractivity contribution in [2.24, 2.45) is 0 Å². The molecule has 2 heteroatoms. The van der Waals surface area contributed by atoms with Gasteiger partial charge < -0.3 is 0 Å². The van der Waals surface area contributed by atoms with E-state index in [-0.39, 0.29) is 12.1 Å². The van der Waals surface area contributed by atoms with Crippen LogP contribution in [0.1, 0.15) is 28.8 Å². The molecule has 0 amide bonds. The molecule has 2 aliphatic rings. The van der Waals surface area contributed by atoms with Gasteiger partial charge in [0.25, 0.3) is 0 Å². The van der Waals surface area contributed by atoms with Gasteiger partial charge in [0, 0.05) is 24.3 Å². The molecule has 166 valence electrons. The van der Waals surface area contributed by atoms with E-state index in [0.717, 1.165) is 0 Å². The van der Waals surface area contributed by atoms with Crippen LogP contribution in [0.15, 0.2) is 122 Å². The van der Waals surface area contributed by atoms with Gasteiger partial charge in [0.05, 0.1) is 11.1 Å². The van der Waals surface area contributed by atoms with Crippen LogP contribution in [-0.2, 0) is 0 Å². The van der Waals surface area contributed by atoms with Gasteiger partial charge in [-0.1, -0.05) is 72.8 Å². The number of benzene rings is 3. The SMILES string of the molecule is Cc1ccccc1-c1cc[n+]2c(c1)-c1ccccc1/C=C/C1c3ccccc3-c3cccc[n+]3[C@@H]12. The van der Waals surface area contributed by atoms with E-state index in [1.54, 1.807) is 0 Å². The van der Waals surface area contributed by atoms with E-state index in [9.17, 15) is 0 Å². The van der Waals surface area contributed by atoms with Crippen molar-refractivity contribution in [2.45, 2.75) is 19.0 Å². The van der Waals surface area contributed by atoms with Crippen LogP contribution in [0.5, 0.6) is 0 Å². The van der Waals surface area contributed by atoms with E-state index in [1.165, 1.54) is 50.3 Å². The molecule has 2 nitrogen and oxygen atoms in total. The summed E-state index contributed by atoms with van der Waals surface area (Å²) < 4.78 is 4.93. The van der Waals surface area contributed by atoms with E-state index in [1.807, 2.05) is 0 Å².